The molecule has 11 nitrogen and oxygen atoms in total. The lowest BCUT2D eigenvalue weighted by Gasteiger charge is -2.31. The third-order valence-electron chi connectivity index (χ3n) is 5.39. The molecule has 0 radical (unpaired) electrons. The van der Waals surface area contributed by atoms with Gasteiger partial charge in [0.25, 0.3) is 5.91 Å². The van der Waals surface area contributed by atoms with Crippen LogP contribution >= 0.6 is 0 Å². The summed E-state index contributed by atoms with van der Waals surface area (Å²) < 4.78 is 48.7. The minimum atomic E-state index is -3.89. The largest absolute Gasteiger partial charge is 0.492 e. The number of nitrogens with one attached hydrogen (secondary N) is 2. The molecule has 0 saturated carbocycles. The quantitative estimate of drug-likeness (QED) is 0.392. The SMILES string of the molecule is CCOc1cc(N2CCOCC2)c(OCC)cc1NC(=O)COC(=O)CNS(=O)(=O)c1ccc(C)cc1. The van der Waals surface area contributed by atoms with Crippen LogP contribution in [0.2, 0.25) is 0 Å². The van der Waals surface area contributed by atoms with E-state index >= 15 is 0 Å². The van der Waals surface area contributed by atoms with Gasteiger partial charge in [-0.1, -0.05) is 17.7 Å². The zero-order valence-electron chi connectivity index (χ0n) is 21.2. The van der Waals surface area contributed by atoms with E-state index in [4.69, 9.17) is 18.9 Å². The summed E-state index contributed by atoms with van der Waals surface area (Å²) >= 11 is 0. The molecule has 1 heterocycles. The third kappa shape index (κ3) is 8.07. The molecule has 0 bridgehead atoms. The molecule has 1 fully saturated rings. The maximum absolute atomic E-state index is 12.5. The monoisotopic (exact) mass is 535 g/mol. The van der Waals surface area contributed by atoms with Gasteiger partial charge in [0.05, 0.1) is 42.7 Å². The van der Waals surface area contributed by atoms with Gasteiger partial charge in [0.15, 0.2) is 6.61 Å². The number of hydrogen-bond donors (Lipinski definition) is 2. The number of rotatable bonds is 12. The van der Waals surface area contributed by atoms with Crippen molar-refractivity contribution in [2.45, 2.75) is 25.7 Å². The van der Waals surface area contributed by atoms with E-state index in [1.165, 1.54) is 12.1 Å². The molecule has 2 aromatic carbocycles. The van der Waals surface area contributed by atoms with Crippen molar-refractivity contribution < 1.29 is 37.0 Å². The molecule has 1 aliphatic rings. The molecule has 202 valence electrons. The first-order valence-electron chi connectivity index (χ1n) is 12.0. The van der Waals surface area contributed by atoms with E-state index < -0.39 is 35.1 Å². The van der Waals surface area contributed by atoms with Crippen molar-refractivity contribution in [1.29, 1.82) is 0 Å². The van der Waals surface area contributed by atoms with Crippen LogP contribution < -0.4 is 24.4 Å². The number of nitrogens with zero attached hydrogens (tertiary/aromatic N) is 1. The lowest BCUT2D eigenvalue weighted by atomic mass is 10.2. The van der Waals surface area contributed by atoms with Gasteiger partial charge in [-0.25, -0.2) is 8.42 Å². The number of ether oxygens (including phenoxy) is 4. The Morgan fingerprint density at radius 1 is 1.00 bits per heavy atom. The summed E-state index contributed by atoms with van der Waals surface area (Å²) in [6.45, 7) is 7.69. The summed E-state index contributed by atoms with van der Waals surface area (Å²) in [5, 5.41) is 2.68. The van der Waals surface area contributed by atoms with Crippen LogP contribution in [0.25, 0.3) is 0 Å². The molecule has 2 N–H and O–H groups in total. The summed E-state index contributed by atoms with van der Waals surface area (Å²) in [5.41, 5.74) is 2.10. The fourth-order valence-corrected chi connectivity index (χ4v) is 4.55. The van der Waals surface area contributed by atoms with Crippen LogP contribution in [0.4, 0.5) is 11.4 Å². The Morgan fingerprint density at radius 2 is 1.65 bits per heavy atom. The molecule has 3 rings (SSSR count). The van der Waals surface area contributed by atoms with E-state index in [9.17, 15) is 18.0 Å². The molecule has 0 aromatic heterocycles. The van der Waals surface area contributed by atoms with Gasteiger partial charge in [-0.05, 0) is 32.9 Å². The fraction of sp³-hybridized carbons (Fsp3) is 0.440. The summed E-state index contributed by atoms with van der Waals surface area (Å²) in [5.74, 6) is -0.491. The molecule has 0 aliphatic carbocycles. The zero-order chi connectivity index (χ0) is 26.8. The highest BCUT2D eigenvalue weighted by Gasteiger charge is 2.21. The Balaban J connectivity index is 1.61. The highest BCUT2D eigenvalue weighted by Crippen LogP contribution is 2.39. The van der Waals surface area contributed by atoms with Crippen LogP contribution in [0.3, 0.4) is 0 Å². The van der Waals surface area contributed by atoms with Crippen LogP contribution in [0.1, 0.15) is 19.4 Å². The van der Waals surface area contributed by atoms with Crippen molar-refractivity contribution >= 4 is 33.3 Å². The highest BCUT2D eigenvalue weighted by atomic mass is 32.2. The molecule has 1 saturated heterocycles. The van der Waals surface area contributed by atoms with Gasteiger partial charge in [0.1, 0.15) is 18.0 Å². The van der Waals surface area contributed by atoms with Gasteiger partial charge in [0, 0.05) is 25.2 Å². The molecule has 1 amide bonds. The van der Waals surface area contributed by atoms with Gasteiger partial charge in [0.2, 0.25) is 10.0 Å². The number of anilines is 2. The molecule has 0 atom stereocenters. The van der Waals surface area contributed by atoms with Gasteiger partial charge >= 0.3 is 5.97 Å². The predicted molar refractivity (Wildman–Crippen MR) is 138 cm³/mol. The van der Waals surface area contributed by atoms with E-state index in [2.05, 4.69) is 14.9 Å². The Bertz CT molecular complexity index is 1180. The standard InChI is InChI=1S/C25H33N3O8S/c1-4-34-22-15-21(28-10-12-33-13-11-28)23(35-5-2)14-20(22)27-24(29)17-36-25(30)16-26-37(31,32)19-8-6-18(3)7-9-19/h6-9,14-15,26H,4-5,10-13,16-17H2,1-3H3,(H,27,29). The lowest BCUT2D eigenvalue weighted by molar-refractivity contribution is -0.146. The normalized spacial score (nSPS) is 13.6. The summed E-state index contributed by atoms with van der Waals surface area (Å²) in [4.78, 5) is 26.8. The second kappa shape index (κ2) is 13.3. The summed E-state index contributed by atoms with van der Waals surface area (Å²) in [7, 11) is -3.89. The lowest BCUT2D eigenvalue weighted by Crippen LogP contribution is -2.36. The number of morpholine rings is 1. The number of carbonyl (C=O) groups excluding carboxylic acids is 2. The molecule has 37 heavy (non-hydrogen) atoms. The fourth-order valence-electron chi connectivity index (χ4n) is 3.58. The number of amides is 1. The van der Waals surface area contributed by atoms with E-state index in [0.717, 1.165) is 11.3 Å². The highest BCUT2D eigenvalue weighted by molar-refractivity contribution is 7.89. The molecule has 1 aliphatic heterocycles. The smallest absolute Gasteiger partial charge is 0.321 e. The van der Waals surface area contributed by atoms with Crippen LogP contribution in [-0.2, 0) is 29.1 Å². The number of carbonyl (C=O) groups is 2. The Labute approximate surface area is 217 Å². The molecular weight excluding hydrogens is 502 g/mol. The van der Waals surface area contributed by atoms with E-state index in [0.29, 0.717) is 56.7 Å². The van der Waals surface area contributed by atoms with Crippen molar-refractivity contribution in [3.8, 4) is 11.5 Å². The second-order valence-electron chi connectivity index (χ2n) is 8.13. The number of hydrogen-bond acceptors (Lipinski definition) is 9. The van der Waals surface area contributed by atoms with E-state index in [1.54, 1.807) is 24.3 Å². The Hall–Kier alpha value is -3.35. The van der Waals surface area contributed by atoms with Gasteiger partial charge in [-0.15, -0.1) is 0 Å². The van der Waals surface area contributed by atoms with Crippen molar-refractivity contribution in [1.82, 2.24) is 4.72 Å². The van der Waals surface area contributed by atoms with Crippen LogP contribution in [0.15, 0.2) is 41.3 Å². The summed E-state index contributed by atoms with van der Waals surface area (Å²) in [6.07, 6.45) is 0. The number of benzene rings is 2. The van der Waals surface area contributed by atoms with Crippen molar-refractivity contribution in [3.63, 3.8) is 0 Å². The van der Waals surface area contributed by atoms with Crippen LogP contribution in [0.5, 0.6) is 11.5 Å². The summed E-state index contributed by atoms with van der Waals surface area (Å²) in [6, 6.07) is 9.66. The number of esters is 1. The molecule has 2 aromatic rings. The molecule has 0 unspecified atom stereocenters. The van der Waals surface area contributed by atoms with Crippen LogP contribution in [-0.4, -0.2) is 73.0 Å². The van der Waals surface area contributed by atoms with Crippen molar-refractivity contribution in [2.75, 3.05) is 62.9 Å². The first-order valence-corrected chi connectivity index (χ1v) is 13.5. The number of sulfonamides is 1. The van der Waals surface area contributed by atoms with E-state index in [1.807, 2.05) is 20.8 Å². The topological polar surface area (TPSA) is 132 Å². The van der Waals surface area contributed by atoms with Gasteiger partial charge in [-0.3, -0.25) is 9.59 Å². The number of aryl methyl sites for hydroxylation is 1. The average molecular weight is 536 g/mol. The van der Waals surface area contributed by atoms with Crippen molar-refractivity contribution in [3.05, 3.63) is 42.0 Å². The Morgan fingerprint density at radius 3 is 2.30 bits per heavy atom. The third-order valence-corrected chi connectivity index (χ3v) is 6.81. The van der Waals surface area contributed by atoms with Crippen LogP contribution in [0, 0.1) is 6.92 Å². The maximum atomic E-state index is 12.5. The Kier molecular flexibility index (Phi) is 10.1. The maximum Gasteiger partial charge on any atom is 0.321 e. The average Bonchev–Trinajstić information content (AvgIpc) is 2.88. The predicted octanol–water partition coefficient (Wildman–Crippen LogP) is 2.09. The van der Waals surface area contributed by atoms with E-state index in [-0.39, 0.29) is 4.90 Å². The van der Waals surface area contributed by atoms with Crippen molar-refractivity contribution in [2.24, 2.45) is 0 Å². The first kappa shape index (κ1) is 28.2. The minimum Gasteiger partial charge on any atom is -0.492 e. The molecular formula is C25H33N3O8S. The van der Waals surface area contributed by atoms with Gasteiger partial charge in [-0.2, -0.15) is 4.72 Å². The minimum absolute atomic E-state index is 0.0257. The molecule has 0 spiro atoms. The van der Waals surface area contributed by atoms with Gasteiger partial charge < -0.3 is 29.2 Å². The first-order chi connectivity index (χ1) is 17.7. The molecule has 12 heteroatoms. The second-order valence-corrected chi connectivity index (χ2v) is 9.89. The zero-order valence-corrected chi connectivity index (χ0v) is 22.1.